The number of allylic oxidation sites excluding steroid dienone is 1. The molecular formula is C38H28N2O. The first-order valence-electron chi connectivity index (χ1n) is 14.5. The van der Waals surface area contributed by atoms with Gasteiger partial charge in [0.1, 0.15) is 23.7 Å². The largest absolute Gasteiger partial charge is 0.456 e. The fourth-order valence-electron chi connectivity index (χ4n) is 7.06. The first-order valence-corrected chi connectivity index (χ1v) is 14.5. The van der Waals surface area contributed by atoms with Crippen LogP contribution in [-0.4, -0.2) is 0 Å². The van der Waals surface area contributed by atoms with Gasteiger partial charge in [0.2, 0.25) is 0 Å². The van der Waals surface area contributed by atoms with E-state index in [1.54, 1.807) is 0 Å². The average Bonchev–Trinajstić information content (AvgIpc) is 3.40. The lowest BCUT2D eigenvalue weighted by Crippen LogP contribution is -2.57. The molecular weight excluding hydrogens is 500 g/mol. The molecule has 1 fully saturated rings. The number of nitrogens with zero attached hydrogens (tertiary/aromatic N) is 1. The predicted octanol–water partition coefficient (Wildman–Crippen LogP) is 9.66. The number of furan rings is 1. The molecule has 2 atom stereocenters. The predicted molar refractivity (Wildman–Crippen MR) is 170 cm³/mol. The highest BCUT2D eigenvalue weighted by Crippen LogP contribution is 2.46. The van der Waals surface area contributed by atoms with Crippen LogP contribution in [0.2, 0.25) is 0 Å². The summed E-state index contributed by atoms with van der Waals surface area (Å²) in [4.78, 5) is 2.54. The van der Waals surface area contributed by atoms with Gasteiger partial charge in [0.25, 0.3) is 0 Å². The fraction of sp³-hybridized carbons (Fsp3) is 0.105. The van der Waals surface area contributed by atoms with Crippen molar-refractivity contribution in [2.75, 3.05) is 4.90 Å². The highest BCUT2D eigenvalue weighted by Gasteiger charge is 2.40. The lowest BCUT2D eigenvalue weighted by Gasteiger charge is -2.52. The maximum atomic E-state index is 6.34. The number of aryl methyl sites for hydroxylation is 1. The zero-order chi connectivity index (χ0) is 26.9. The summed E-state index contributed by atoms with van der Waals surface area (Å²) in [7, 11) is 0. The van der Waals surface area contributed by atoms with Gasteiger partial charge in [0.15, 0.2) is 0 Å². The van der Waals surface area contributed by atoms with Gasteiger partial charge in [0.05, 0.1) is 0 Å². The van der Waals surface area contributed by atoms with Crippen LogP contribution in [0.5, 0.6) is 0 Å². The molecule has 0 spiro atoms. The SMILES string of the molecule is C1=Cc2oc3ccc4ccc5ccc(N6C(c7ccccc7)NC6c6cccc7ccccc67)cc5c4c3c2CC1. The number of hydrogen-bond acceptors (Lipinski definition) is 3. The second-order valence-electron chi connectivity index (χ2n) is 11.3. The minimum Gasteiger partial charge on any atom is -0.456 e. The Morgan fingerprint density at radius 2 is 1.44 bits per heavy atom. The molecule has 0 bridgehead atoms. The monoisotopic (exact) mass is 528 g/mol. The van der Waals surface area contributed by atoms with E-state index >= 15 is 0 Å². The summed E-state index contributed by atoms with van der Waals surface area (Å²) in [6, 6.07) is 41.9. The van der Waals surface area contributed by atoms with Crippen molar-refractivity contribution in [2.24, 2.45) is 0 Å². The quantitative estimate of drug-likeness (QED) is 0.231. The standard InChI is InChI=1S/C38H28N2O/c1-2-10-27(11-3-1)37-39-38(30-15-8-12-24-9-4-5-13-29(24)30)40(37)28-21-19-25-17-18-26-20-22-34-36(35(26)32(25)23-28)31-14-6-7-16-33(31)41-34/h1-5,7-13,15-23,37-39H,6,14H2. The molecule has 196 valence electrons. The third-order valence-corrected chi connectivity index (χ3v) is 9.00. The third kappa shape index (κ3) is 3.43. The number of hydrogen-bond donors (Lipinski definition) is 1. The number of benzene rings is 6. The van der Waals surface area contributed by atoms with Crippen LogP contribution >= 0.6 is 0 Å². The van der Waals surface area contributed by atoms with Crippen molar-refractivity contribution in [3.63, 3.8) is 0 Å². The Balaban J connectivity index is 1.28. The molecule has 2 aliphatic rings. The van der Waals surface area contributed by atoms with Crippen LogP contribution in [0.25, 0.3) is 49.4 Å². The molecule has 7 aromatic rings. The third-order valence-electron chi connectivity index (χ3n) is 9.00. The Bertz CT molecular complexity index is 2150. The molecule has 1 aliphatic heterocycles. The molecule has 3 heteroatoms. The van der Waals surface area contributed by atoms with Crippen molar-refractivity contribution < 1.29 is 4.42 Å². The molecule has 2 unspecified atom stereocenters. The number of anilines is 1. The number of rotatable bonds is 3. The molecule has 9 rings (SSSR count). The first-order chi connectivity index (χ1) is 20.3. The van der Waals surface area contributed by atoms with Crippen molar-refractivity contribution >= 4 is 55.0 Å². The Labute approximate surface area is 238 Å². The second-order valence-corrected chi connectivity index (χ2v) is 11.3. The molecule has 1 N–H and O–H groups in total. The smallest absolute Gasteiger partial charge is 0.135 e. The molecule has 41 heavy (non-hydrogen) atoms. The van der Waals surface area contributed by atoms with E-state index in [-0.39, 0.29) is 12.3 Å². The van der Waals surface area contributed by atoms with Crippen molar-refractivity contribution in [1.29, 1.82) is 0 Å². The van der Waals surface area contributed by atoms with E-state index in [1.807, 2.05) is 0 Å². The Hall–Kier alpha value is -4.86. The van der Waals surface area contributed by atoms with Crippen LogP contribution in [0.15, 0.2) is 126 Å². The minimum absolute atomic E-state index is 0.0607. The summed E-state index contributed by atoms with van der Waals surface area (Å²) in [5.41, 5.74) is 6.09. The lowest BCUT2D eigenvalue weighted by atomic mass is 9.92. The molecule has 6 aromatic carbocycles. The molecule has 2 heterocycles. The lowest BCUT2D eigenvalue weighted by molar-refractivity contribution is 0.278. The molecule has 1 saturated heterocycles. The van der Waals surface area contributed by atoms with Gasteiger partial charge in [-0.2, -0.15) is 0 Å². The zero-order valence-corrected chi connectivity index (χ0v) is 22.5. The number of nitrogens with one attached hydrogen (secondary N) is 1. The number of fused-ring (bicyclic) bond motifs is 8. The van der Waals surface area contributed by atoms with E-state index in [0.717, 1.165) is 24.2 Å². The maximum absolute atomic E-state index is 6.34. The van der Waals surface area contributed by atoms with Crippen molar-refractivity contribution in [1.82, 2.24) is 5.32 Å². The van der Waals surface area contributed by atoms with Crippen molar-refractivity contribution in [3.05, 3.63) is 144 Å². The van der Waals surface area contributed by atoms with Crippen molar-refractivity contribution in [2.45, 2.75) is 25.2 Å². The van der Waals surface area contributed by atoms with Crippen LogP contribution in [-0.2, 0) is 6.42 Å². The summed E-state index contributed by atoms with van der Waals surface area (Å²) in [6.07, 6.45) is 6.58. The van der Waals surface area contributed by atoms with E-state index in [0.29, 0.717) is 0 Å². The molecule has 0 radical (unpaired) electrons. The Morgan fingerprint density at radius 1 is 0.659 bits per heavy atom. The molecule has 1 aliphatic carbocycles. The summed E-state index contributed by atoms with van der Waals surface area (Å²) in [5, 5.41) is 12.8. The summed E-state index contributed by atoms with van der Waals surface area (Å²) < 4.78 is 6.34. The van der Waals surface area contributed by atoms with Gasteiger partial charge in [-0.05, 0) is 75.2 Å². The van der Waals surface area contributed by atoms with Gasteiger partial charge in [-0.25, -0.2) is 0 Å². The van der Waals surface area contributed by atoms with Crippen LogP contribution in [0.3, 0.4) is 0 Å². The zero-order valence-electron chi connectivity index (χ0n) is 22.5. The highest BCUT2D eigenvalue weighted by atomic mass is 16.3. The van der Waals surface area contributed by atoms with Gasteiger partial charge < -0.3 is 9.32 Å². The second kappa shape index (κ2) is 8.82. The topological polar surface area (TPSA) is 28.4 Å². The minimum atomic E-state index is 0.0607. The van der Waals surface area contributed by atoms with Crippen molar-refractivity contribution in [3.8, 4) is 0 Å². The van der Waals surface area contributed by atoms with Crippen LogP contribution in [0.1, 0.15) is 41.2 Å². The van der Waals surface area contributed by atoms with E-state index < -0.39 is 0 Å². The van der Waals surface area contributed by atoms with Gasteiger partial charge in [-0.1, -0.05) is 103 Å². The average molecular weight is 529 g/mol. The van der Waals surface area contributed by atoms with E-state index in [9.17, 15) is 0 Å². The van der Waals surface area contributed by atoms with E-state index in [2.05, 4.69) is 138 Å². The van der Waals surface area contributed by atoms with Gasteiger partial charge in [-0.3, -0.25) is 5.32 Å². The van der Waals surface area contributed by atoms with Crippen LogP contribution in [0, 0.1) is 0 Å². The molecule has 0 saturated carbocycles. The normalized spacial score (nSPS) is 18.3. The fourth-order valence-corrected chi connectivity index (χ4v) is 7.06. The van der Waals surface area contributed by atoms with Gasteiger partial charge in [0, 0.05) is 22.0 Å². The molecule has 0 amide bonds. The molecule has 3 nitrogen and oxygen atoms in total. The summed E-state index contributed by atoms with van der Waals surface area (Å²) in [6.45, 7) is 0. The maximum Gasteiger partial charge on any atom is 0.135 e. The Morgan fingerprint density at radius 3 is 2.39 bits per heavy atom. The van der Waals surface area contributed by atoms with E-state index in [1.165, 1.54) is 60.1 Å². The summed E-state index contributed by atoms with van der Waals surface area (Å²) in [5.74, 6) is 1.01. The van der Waals surface area contributed by atoms with Gasteiger partial charge in [-0.15, -0.1) is 0 Å². The summed E-state index contributed by atoms with van der Waals surface area (Å²) >= 11 is 0. The van der Waals surface area contributed by atoms with Crippen LogP contribution < -0.4 is 10.2 Å². The molecule has 1 aromatic heterocycles. The first kappa shape index (κ1) is 22.9. The Kier molecular flexibility index (Phi) is 4.93. The van der Waals surface area contributed by atoms with Crippen LogP contribution in [0.4, 0.5) is 5.69 Å². The highest BCUT2D eigenvalue weighted by molar-refractivity contribution is 6.21. The van der Waals surface area contributed by atoms with Gasteiger partial charge >= 0.3 is 0 Å². The van der Waals surface area contributed by atoms with E-state index in [4.69, 9.17) is 4.42 Å².